The van der Waals surface area contributed by atoms with Gasteiger partial charge in [-0.1, -0.05) is 30.8 Å². The van der Waals surface area contributed by atoms with E-state index >= 15 is 0 Å². The first-order valence-electron chi connectivity index (χ1n) is 10.0. The Bertz CT molecular complexity index is 1050. The van der Waals surface area contributed by atoms with E-state index in [1.54, 1.807) is 6.20 Å². The van der Waals surface area contributed by atoms with E-state index in [4.69, 9.17) is 4.98 Å². The molecular weight excluding hydrogens is 372 g/mol. The van der Waals surface area contributed by atoms with Gasteiger partial charge in [-0.05, 0) is 49.0 Å². The summed E-state index contributed by atoms with van der Waals surface area (Å²) < 4.78 is 0. The van der Waals surface area contributed by atoms with Crippen molar-refractivity contribution in [3.8, 4) is 11.3 Å². The van der Waals surface area contributed by atoms with Gasteiger partial charge in [0.15, 0.2) is 5.82 Å². The van der Waals surface area contributed by atoms with Crippen LogP contribution in [0.4, 0.5) is 17.3 Å². The number of aromatic nitrogens is 2. The van der Waals surface area contributed by atoms with Crippen LogP contribution in [0.5, 0.6) is 0 Å². The zero-order valence-electron chi connectivity index (χ0n) is 17.3. The molecule has 0 bridgehead atoms. The third-order valence-electron chi connectivity index (χ3n) is 5.18. The molecule has 0 unspecified atom stereocenters. The highest BCUT2D eigenvalue weighted by atomic mass is 15.3. The second-order valence-electron chi connectivity index (χ2n) is 7.33. The number of nitrogens with one attached hydrogen (secondary N) is 1. The van der Waals surface area contributed by atoms with Gasteiger partial charge in [-0.25, -0.2) is 9.97 Å². The summed E-state index contributed by atoms with van der Waals surface area (Å²) in [4.78, 5) is 17.8. The van der Waals surface area contributed by atoms with Crippen LogP contribution in [-0.2, 0) is 6.54 Å². The molecule has 0 saturated carbocycles. The highest BCUT2D eigenvalue weighted by molar-refractivity contribution is 5.75. The van der Waals surface area contributed by atoms with Crippen molar-refractivity contribution in [3.63, 3.8) is 0 Å². The number of hydrogen-bond donors (Lipinski definition) is 1. The van der Waals surface area contributed by atoms with Crippen LogP contribution in [0.15, 0.2) is 78.2 Å². The van der Waals surface area contributed by atoms with Gasteiger partial charge in [-0.2, -0.15) is 0 Å². The molecule has 0 fully saturated rings. The lowest BCUT2D eigenvalue weighted by Gasteiger charge is -2.27. The van der Waals surface area contributed by atoms with Gasteiger partial charge in [0.05, 0.1) is 17.9 Å². The number of aliphatic imine (C=N–C) groups is 1. The molecule has 0 atom stereocenters. The molecule has 3 heterocycles. The van der Waals surface area contributed by atoms with Gasteiger partial charge in [-0.15, -0.1) is 0 Å². The monoisotopic (exact) mass is 398 g/mol. The van der Waals surface area contributed by atoms with Crippen LogP contribution in [0, 0.1) is 0 Å². The molecule has 1 aromatic carbocycles. The van der Waals surface area contributed by atoms with Gasteiger partial charge in [0.25, 0.3) is 0 Å². The van der Waals surface area contributed by atoms with Crippen LogP contribution in [0.25, 0.3) is 11.3 Å². The van der Waals surface area contributed by atoms with Crippen LogP contribution < -0.4 is 15.1 Å². The van der Waals surface area contributed by atoms with Crippen molar-refractivity contribution in [3.05, 3.63) is 78.8 Å². The zero-order chi connectivity index (χ0) is 20.9. The van der Waals surface area contributed by atoms with E-state index in [0.717, 1.165) is 59.5 Å². The molecule has 6 nitrogen and oxygen atoms in total. The Kier molecular flexibility index (Phi) is 5.75. The van der Waals surface area contributed by atoms with Crippen molar-refractivity contribution < 1.29 is 0 Å². The molecular formula is C24H26N6. The maximum Gasteiger partial charge on any atom is 0.158 e. The normalized spacial score (nSPS) is 13.4. The summed E-state index contributed by atoms with van der Waals surface area (Å²) in [6, 6.07) is 18.3. The summed E-state index contributed by atoms with van der Waals surface area (Å²) in [6.45, 7) is 10.3. The topological polar surface area (TPSA) is 56.7 Å². The van der Waals surface area contributed by atoms with E-state index in [9.17, 15) is 0 Å². The molecule has 1 aliphatic heterocycles. The average Bonchev–Trinajstić information content (AvgIpc) is 2.93. The number of hydrogen-bond acceptors (Lipinski definition) is 6. The summed E-state index contributed by atoms with van der Waals surface area (Å²) in [6.07, 6.45) is 2.77. The van der Waals surface area contributed by atoms with Crippen LogP contribution in [-0.4, -0.2) is 36.8 Å². The largest absolute Gasteiger partial charge is 0.372 e. The second kappa shape index (κ2) is 8.78. The molecule has 3 aromatic rings. The van der Waals surface area contributed by atoms with Gasteiger partial charge in [0.2, 0.25) is 0 Å². The predicted octanol–water partition coefficient (Wildman–Crippen LogP) is 4.57. The molecule has 152 valence electrons. The minimum atomic E-state index is 0.596. The molecule has 4 rings (SSSR count). The van der Waals surface area contributed by atoms with Crippen LogP contribution in [0.2, 0.25) is 0 Å². The SMILES string of the molecule is C=NCc1cccc(-c2ccc3c(n2)N(C(=C)Nc2ccccn2)CCCN3C)c1. The molecule has 1 aliphatic rings. The lowest BCUT2D eigenvalue weighted by molar-refractivity contribution is 0.789. The maximum atomic E-state index is 5.06. The van der Waals surface area contributed by atoms with Crippen LogP contribution in [0.3, 0.4) is 0 Å². The van der Waals surface area contributed by atoms with Gasteiger partial charge < -0.3 is 15.1 Å². The Labute approximate surface area is 177 Å². The minimum Gasteiger partial charge on any atom is -0.372 e. The number of benzene rings is 1. The lowest BCUT2D eigenvalue weighted by atomic mass is 10.1. The fourth-order valence-electron chi connectivity index (χ4n) is 3.66. The molecule has 2 aromatic heterocycles. The number of pyridine rings is 2. The molecule has 0 aliphatic carbocycles. The number of anilines is 3. The predicted molar refractivity (Wildman–Crippen MR) is 125 cm³/mol. The lowest BCUT2D eigenvalue weighted by Crippen LogP contribution is -2.28. The van der Waals surface area contributed by atoms with Crippen molar-refractivity contribution in [2.24, 2.45) is 4.99 Å². The zero-order valence-corrected chi connectivity index (χ0v) is 17.3. The van der Waals surface area contributed by atoms with E-state index in [1.807, 2.05) is 24.3 Å². The van der Waals surface area contributed by atoms with Crippen molar-refractivity contribution >= 4 is 24.0 Å². The Morgan fingerprint density at radius 3 is 2.83 bits per heavy atom. The molecule has 0 radical (unpaired) electrons. The first-order chi connectivity index (χ1) is 14.7. The highest BCUT2D eigenvalue weighted by Crippen LogP contribution is 2.34. The molecule has 0 saturated heterocycles. The number of fused-ring (bicyclic) bond motifs is 1. The third-order valence-corrected chi connectivity index (χ3v) is 5.18. The maximum absolute atomic E-state index is 5.06. The highest BCUT2D eigenvalue weighted by Gasteiger charge is 2.23. The van der Waals surface area contributed by atoms with Crippen molar-refractivity contribution in [1.29, 1.82) is 0 Å². The fourth-order valence-corrected chi connectivity index (χ4v) is 3.66. The Morgan fingerprint density at radius 2 is 2.03 bits per heavy atom. The summed E-state index contributed by atoms with van der Waals surface area (Å²) >= 11 is 0. The van der Waals surface area contributed by atoms with Gasteiger partial charge in [0, 0.05) is 31.9 Å². The van der Waals surface area contributed by atoms with Gasteiger partial charge in [0.1, 0.15) is 11.6 Å². The summed E-state index contributed by atoms with van der Waals surface area (Å²) in [5.41, 5.74) is 4.19. The summed E-state index contributed by atoms with van der Waals surface area (Å²) in [5, 5.41) is 3.32. The standard InChI is InChI=1S/C24H26N6/c1-18(27-23-10-4-5-13-26-23)30-15-7-14-29(3)22-12-11-21(28-24(22)30)20-9-6-8-19(16-20)17-25-2/h4-6,8-13,16H,1-2,7,14-15,17H2,3H3,(H,26,27). The van der Waals surface area contributed by atoms with Crippen LogP contribution >= 0.6 is 0 Å². The van der Waals surface area contributed by atoms with Crippen molar-refractivity contribution in [2.45, 2.75) is 13.0 Å². The molecule has 0 spiro atoms. The van der Waals surface area contributed by atoms with E-state index in [1.165, 1.54) is 0 Å². The van der Waals surface area contributed by atoms with Gasteiger partial charge >= 0.3 is 0 Å². The smallest absolute Gasteiger partial charge is 0.158 e. The molecule has 30 heavy (non-hydrogen) atoms. The van der Waals surface area contributed by atoms with Crippen LogP contribution in [0.1, 0.15) is 12.0 Å². The van der Waals surface area contributed by atoms with E-state index in [2.05, 4.69) is 75.8 Å². The van der Waals surface area contributed by atoms with E-state index in [-0.39, 0.29) is 0 Å². The summed E-state index contributed by atoms with van der Waals surface area (Å²) in [5.74, 6) is 2.43. The first-order valence-corrected chi connectivity index (χ1v) is 10.0. The minimum absolute atomic E-state index is 0.596. The van der Waals surface area contributed by atoms with Crippen molar-refractivity contribution in [1.82, 2.24) is 9.97 Å². The van der Waals surface area contributed by atoms with E-state index < -0.39 is 0 Å². The molecule has 6 heteroatoms. The fraction of sp³-hybridized carbons (Fsp3) is 0.208. The average molecular weight is 399 g/mol. The molecule has 0 amide bonds. The Balaban J connectivity index is 1.71. The summed E-state index contributed by atoms with van der Waals surface area (Å²) in [7, 11) is 2.11. The first kappa shape index (κ1) is 19.6. The molecule has 1 N–H and O–H groups in total. The quantitative estimate of drug-likeness (QED) is 0.616. The number of nitrogens with zero attached hydrogens (tertiary/aromatic N) is 5. The second-order valence-corrected chi connectivity index (χ2v) is 7.33. The Hall–Kier alpha value is -3.67. The van der Waals surface area contributed by atoms with Gasteiger partial charge in [-0.3, -0.25) is 4.99 Å². The third kappa shape index (κ3) is 4.17. The Morgan fingerprint density at radius 1 is 1.13 bits per heavy atom. The van der Waals surface area contributed by atoms with E-state index in [0.29, 0.717) is 6.54 Å². The van der Waals surface area contributed by atoms with Crippen molar-refractivity contribution in [2.75, 3.05) is 35.3 Å². The number of rotatable bonds is 6.